The number of ketones is 2. The van der Waals surface area contributed by atoms with E-state index in [9.17, 15) is 9.59 Å². The third-order valence-electron chi connectivity index (χ3n) is 2.37. The monoisotopic (exact) mass is 240 g/mol. The molecule has 1 aromatic heterocycles. The third-order valence-corrected chi connectivity index (χ3v) is 2.37. The fraction of sp³-hybridized carbons (Fsp3) is 0.500. The summed E-state index contributed by atoms with van der Waals surface area (Å²) in [5.74, 6) is 0.474. The predicted octanol–water partition coefficient (Wildman–Crippen LogP) is 1.66. The zero-order chi connectivity index (χ0) is 13.0. The zero-order valence-electron chi connectivity index (χ0n) is 10.4. The van der Waals surface area contributed by atoms with E-state index in [-0.39, 0.29) is 12.2 Å². The van der Waals surface area contributed by atoms with Crippen LogP contribution in [0.1, 0.15) is 28.3 Å². The van der Waals surface area contributed by atoms with Crippen LogP contribution in [0.4, 0.5) is 0 Å². The van der Waals surface area contributed by atoms with E-state index in [0.29, 0.717) is 17.1 Å². The van der Waals surface area contributed by atoms with E-state index in [1.165, 1.54) is 14.2 Å². The molecule has 0 N–H and O–H groups in total. The van der Waals surface area contributed by atoms with Gasteiger partial charge in [-0.05, 0) is 19.9 Å². The summed E-state index contributed by atoms with van der Waals surface area (Å²) < 4.78 is 14.8. The number of hydrogen-bond donors (Lipinski definition) is 0. The van der Waals surface area contributed by atoms with Crippen LogP contribution in [0.3, 0.4) is 0 Å². The highest BCUT2D eigenvalue weighted by atomic mass is 16.7. The first kappa shape index (κ1) is 13.6. The topological polar surface area (TPSA) is 65.7 Å². The molecule has 0 aliphatic heterocycles. The highest BCUT2D eigenvalue weighted by molar-refractivity contribution is 6.09. The molecule has 0 saturated heterocycles. The number of furan rings is 1. The number of hydrogen-bond acceptors (Lipinski definition) is 5. The molecule has 0 bridgehead atoms. The zero-order valence-corrected chi connectivity index (χ0v) is 10.4. The molecule has 5 heteroatoms. The van der Waals surface area contributed by atoms with Crippen LogP contribution < -0.4 is 0 Å². The number of methoxy groups -OCH3 is 2. The highest BCUT2D eigenvalue weighted by Gasteiger charge is 2.23. The van der Waals surface area contributed by atoms with Gasteiger partial charge in [-0.3, -0.25) is 9.59 Å². The first-order valence-electron chi connectivity index (χ1n) is 5.18. The summed E-state index contributed by atoms with van der Waals surface area (Å²) in [6.45, 7) is 3.44. The van der Waals surface area contributed by atoms with E-state index in [0.717, 1.165) is 0 Å². The first-order valence-corrected chi connectivity index (χ1v) is 5.18. The Labute approximate surface area is 99.7 Å². The quantitative estimate of drug-likeness (QED) is 0.430. The smallest absolute Gasteiger partial charge is 0.217 e. The van der Waals surface area contributed by atoms with Crippen molar-refractivity contribution in [3.8, 4) is 0 Å². The summed E-state index contributed by atoms with van der Waals surface area (Å²) in [6, 6.07) is 1.62. The Bertz CT molecular complexity index is 415. The van der Waals surface area contributed by atoms with Gasteiger partial charge in [0.1, 0.15) is 11.5 Å². The molecule has 0 fully saturated rings. The molecule has 0 radical (unpaired) electrons. The predicted molar refractivity (Wildman–Crippen MR) is 59.9 cm³/mol. The summed E-state index contributed by atoms with van der Waals surface area (Å²) in [5, 5.41) is 0. The fourth-order valence-electron chi connectivity index (χ4n) is 1.60. The van der Waals surface area contributed by atoms with Gasteiger partial charge in [0.15, 0.2) is 11.6 Å². The SMILES string of the molecule is COC(OC)C(=O)CC(=O)c1cc(C)oc1C. The maximum absolute atomic E-state index is 11.8. The molecular formula is C12H16O5. The van der Waals surface area contributed by atoms with Gasteiger partial charge in [0.2, 0.25) is 6.29 Å². The largest absolute Gasteiger partial charge is 0.466 e. The number of carbonyl (C=O) groups is 2. The van der Waals surface area contributed by atoms with Crippen molar-refractivity contribution in [2.24, 2.45) is 0 Å². The van der Waals surface area contributed by atoms with E-state index < -0.39 is 12.1 Å². The minimum Gasteiger partial charge on any atom is -0.466 e. The minimum absolute atomic E-state index is 0.258. The van der Waals surface area contributed by atoms with E-state index in [4.69, 9.17) is 13.9 Å². The van der Waals surface area contributed by atoms with Crippen molar-refractivity contribution in [1.29, 1.82) is 0 Å². The molecular weight excluding hydrogens is 224 g/mol. The lowest BCUT2D eigenvalue weighted by atomic mass is 10.1. The second kappa shape index (κ2) is 5.75. The fourth-order valence-corrected chi connectivity index (χ4v) is 1.60. The number of ether oxygens (including phenoxy) is 2. The standard InChI is InChI=1S/C12H16O5/c1-7-5-9(8(2)17-7)10(13)6-11(14)12(15-3)16-4/h5,12H,6H2,1-4H3. The van der Waals surface area contributed by atoms with Crippen molar-refractivity contribution < 1.29 is 23.5 Å². The molecule has 0 aliphatic rings. The molecule has 0 aliphatic carbocycles. The van der Waals surface area contributed by atoms with Gasteiger partial charge in [-0.15, -0.1) is 0 Å². The van der Waals surface area contributed by atoms with Crippen LogP contribution in [-0.2, 0) is 14.3 Å². The molecule has 17 heavy (non-hydrogen) atoms. The summed E-state index contributed by atoms with van der Waals surface area (Å²) in [4.78, 5) is 23.4. The normalized spacial score (nSPS) is 10.9. The van der Waals surface area contributed by atoms with Gasteiger partial charge in [-0.1, -0.05) is 0 Å². The molecule has 0 spiro atoms. The summed E-state index contributed by atoms with van der Waals surface area (Å²) >= 11 is 0. The Morgan fingerprint density at radius 1 is 1.29 bits per heavy atom. The number of aryl methyl sites for hydroxylation is 2. The Morgan fingerprint density at radius 2 is 1.88 bits per heavy atom. The van der Waals surface area contributed by atoms with Gasteiger partial charge in [0.25, 0.3) is 0 Å². The lowest BCUT2D eigenvalue weighted by Crippen LogP contribution is -2.27. The lowest BCUT2D eigenvalue weighted by Gasteiger charge is -2.10. The minimum atomic E-state index is -0.993. The Hall–Kier alpha value is -1.46. The average Bonchev–Trinajstić information content (AvgIpc) is 2.59. The van der Waals surface area contributed by atoms with Gasteiger partial charge in [0.05, 0.1) is 12.0 Å². The van der Waals surface area contributed by atoms with Crippen molar-refractivity contribution in [2.45, 2.75) is 26.6 Å². The molecule has 0 saturated carbocycles. The Balaban J connectivity index is 2.73. The second-order valence-electron chi connectivity index (χ2n) is 3.70. The van der Waals surface area contributed by atoms with Crippen molar-refractivity contribution in [2.75, 3.05) is 14.2 Å². The van der Waals surface area contributed by atoms with E-state index in [2.05, 4.69) is 0 Å². The van der Waals surface area contributed by atoms with Gasteiger partial charge in [0, 0.05) is 14.2 Å². The molecule has 0 unspecified atom stereocenters. The second-order valence-corrected chi connectivity index (χ2v) is 3.70. The van der Waals surface area contributed by atoms with Gasteiger partial charge < -0.3 is 13.9 Å². The summed E-state index contributed by atoms with van der Waals surface area (Å²) in [5.41, 5.74) is 0.432. The summed E-state index contributed by atoms with van der Waals surface area (Å²) in [7, 11) is 2.70. The van der Waals surface area contributed by atoms with E-state index >= 15 is 0 Å². The van der Waals surface area contributed by atoms with E-state index in [1.54, 1.807) is 19.9 Å². The Morgan fingerprint density at radius 3 is 2.29 bits per heavy atom. The highest BCUT2D eigenvalue weighted by Crippen LogP contribution is 2.16. The van der Waals surface area contributed by atoms with Crippen molar-refractivity contribution in [3.63, 3.8) is 0 Å². The maximum Gasteiger partial charge on any atom is 0.217 e. The van der Waals surface area contributed by atoms with Crippen LogP contribution in [0.2, 0.25) is 0 Å². The van der Waals surface area contributed by atoms with Gasteiger partial charge >= 0.3 is 0 Å². The van der Waals surface area contributed by atoms with Crippen molar-refractivity contribution in [3.05, 3.63) is 23.2 Å². The van der Waals surface area contributed by atoms with Gasteiger partial charge in [-0.25, -0.2) is 0 Å². The van der Waals surface area contributed by atoms with Crippen LogP contribution in [0.25, 0.3) is 0 Å². The molecule has 5 nitrogen and oxygen atoms in total. The van der Waals surface area contributed by atoms with Crippen LogP contribution in [0.5, 0.6) is 0 Å². The third kappa shape index (κ3) is 3.25. The maximum atomic E-state index is 11.8. The van der Waals surface area contributed by atoms with Crippen LogP contribution >= 0.6 is 0 Å². The average molecular weight is 240 g/mol. The Kier molecular flexibility index (Phi) is 4.60. The van der Waals surface area contributed by atoms with Gasteiger partial charge in [-0.2, -0.15) is 0 Å². The summed E-state index contributed by atoms with van der Waals surface area (Å²) in [6.07, 6.45) is -1.25. The van der Waals surface area contributed by atoms with Crippen LogP contribution in [0.15, 0.2) is 10.5 Å². The molecule has 1 rings (SSSR count). The number of Topliss-reactive ketones (excluding diaryl/α,β-unsaturated/α-hetero) is 2. The molecule has 94 valence electrons. The molecule has 0 aromatic carbocycles. The lowest BCUT2D eigenvalue weighted by molar-refractivity contribution is -0.155. The van der Waals surface area contributed by atoms with Crippen molar-refractivity contribution in [1.82, 2.24) is 0 Å². The first-order chi connectivity index (χ1) is 7.99. The molecule has 0 atom stereocenters. The molecule has 1 aromatic rings. The molecule has 0 amide bonds. The number of carbonyl (C=O) groups excluding carboxylic acids is 2. The van der Waals surface area contributed by atoms with E-state index in [1.807, 2.05) is 0 Å². The number of rotatable bonds is 6. The van der Waals surface area contributed by atoms with Crippen molar-refractivity contribution >= 4 is 11.6 Å². The molecule has 1 heterocycles. The van der Waals surface area contributed by atoms with Crippen LogP contribution in [-0.4, -0.2) is 32.1 Å². The van der Waals surface area contributed by atoms with Crippen LogP contribution in [0, 0.1) is 13.8 Å².